The lowest BCUT2D eigenvalue weighted by molar-refractivity contribution is 0.0928. The Morgan fingerprint density at radius 2 is 2.10 bits per heavy atom. The van der Waals surface area contributed by atoms with Gasteiger partial charge in [0.2, 0.25) is 0 Å². The van der Waals surface area contributed by atoms with Gasteiger partial charge in [-0.1, -0.05) is 33.6 Å². The van der Waals surface area contributed by atoms with Gasteiger partial charge < -0.3 is 11.1 Å². The molecule has 0 bridgehead atoms. The summed E-state index contributed by atoms with van der Waals surface area (Å²) in [5, 5.41) is 3.09. The van der Waals surface area contributed by atoms with Crippen molar-refractivity contribution >= 4 is 11.6 Å². The van der Waals surface area contributed by atoms with Gasteiger partial charge in [-0.15, -0.1) is 0 Å². The first-order chi connectivity index (χ1) is 9.97. The molecule has 1 aliphatic carbocycles. The number of anilines is 1. The topological polar surface area (TPSA) is 80.9 Å². The van der Waals surface area contributed by atoms with E-state index in [9.17, 15) is 4.79 Å². The third-order valence-corrected chi connectivity index (χ3v) is 4.16. The molecule has 21 heavy (non-hydrogen) atoms. The zero-order valence-corrected chi connectivity index (χ0v) is 13.2. The molecule has 0 saturated heterocycles. The quantitative estimate of drug-likeness (QED) is 0.839. The maximum Gasteiger partial charge on any atom is 0.272 e. The second kappa shape index (κ2) is 6.87. The normalized spacial score (nSPS) is 22.9. The van der Waals surface area contributed by atoms with Gasteiger partial charge in [-0.2, -0.15) is 0 Å². The molecule has 2 unspecified atom stereocenters. The largest absolute Gasteiger partial charge is 0.396 e. The molecule has 1 heterocycles. The van der Waals surface area contributed by atoms with E-state index in [-0.39, 0.29) is 17.9 Å². The number of carbonyl (C=O) groups is 1. The molecule has 5 heteroatoms. The van der Waals surface area contributed by atoms with Crippen LogP contribution in [-0.2, 0) is 0 Å². The second-order valence-corrected chi connectivity index (χ2v) is 6.47. The molecule has 1 aromatic rings. The van der Waals surface area contributed by atoms with Crippen LogP contribution in [0.2, 0.25) is 0 Å². The van der Waals surface area contributed by atoms with Crippen LogP contribution in [0, 0.1) is 5.92 Å². The molecule has 0 aromatic carbocycles. The Morgan fingerprint density at radius 1 is 1.33 bits per heavy atom. The number of nitrogens with zero attached hydrogens (tertiary/aromatic N) is 2. The summed E-state index contributed by atoms with van der Waals surface area (Å²) >= 11 is 0. The number of carbonyl (C=O) groups excluding carboxylic acids is 1. The van der Waals surface area contributed by atoms with Crippen LogP contribution in [0.5, 0.6) is 0 Å². The summed E-state index contributed by atoms with van der Waals surface area (Å²) in [7, 11) is 0. The molecule has 0 spiro atoms. The third-order valence-electron chi connectivity index (χ3n) is 4.16. The lowest BCUT2D eigenvalue weighted by Gasteiger charge is -2.17. The molecule has 1 aromatic heterocycles. The van der Waals surface area contributed by atoms with Gasteiger partial charge in [0.05, 0.1) is 11.9 Å². The second-order valence-electron chi connectivity index (χ2n) is 6.47. The highest BCUT2D eigenvalue weighted by Gasteiger charge is 2.21. The summed E-state index contributed by atoms with van der Waals surface area (Å²) in [6, 6.07) is 0.235. The molecule has 1 amide bonds. The molecule has 1 aliphatic rings. The zero-order chi connectivity index (χ0) is 15.4. The van der Waals surface area contributed by atoms with Crippen LogP contribution < -0.4 is 11.1 Å². The van der Waals surface area contributed by atoms with Gasteiger partial charge >= 0.3 is 0 Å². The van der Waals surface area contributed by atoms with Gasteiger partial charge in [-0.25, -0.2) is 9.97 Å². The SMILES string of the molecule is CC1CCCC(NC(=O)c2nc(C(C)C)ncc2N)CC1. The molecule has 116 valence electrons. The molecular weight excluding hydrogens is 264 g/mol. The molecule has 3 N–H and O–H groups in total. The van der Waals surface area contributed by atoms with Crippen LogP contribution >= 0.6 is 0 Å². The standard InChI is InChI=1S/C16H26N4O/c1-10(2)15-18-9-13(17)14(20-15)16(21)19-12-6-4-5-11(3)7-8-12/h9-12H,4-8,17H2,1-3H3,(H,19,21). The Labute approximate surface area is 126 Å². The Kier molecular flexibility index (Phi) is 5.15. The maximum absolute atomic E-state index is 12.4. The monoisotopic (exact) mass is 290 g/mol. The molecular formula is C16H26N4O. The minimum absolute atomic E-state index is 0.170. The highest BCUT2D eigenvalue weighted by molar-refractivity contribution is 5.97. The number of aromatic nitrogens is 2. The van der Waals surface area contributed by atoms with Crippen molar-refractivity contribution in [2.24, 2.45) is 5.92 Å². The number of amides is 1. The summed E-state index contributed by atoms with van der Waals surface area (Å²) in [4.78, 5) is 20.9. The van der Waals surface area contributed by atoms with Gasteiger partial charge in [-0.3, -0.25) is 4.79 Å². The van der Waals surface area contributed by atoms with E-state index in [2.05, 4.69) is 22.2 Å². The minimum atomic E-state index is -0.170. The van der Waals surface area contributed by atoms with E-state index in [4.69, 9.17) is 5.73 Å². The summed E-state index contributed by atoms with van der Waals surface area (Å²) in [6.07, 6.45) is 7.20. The fourth-order valence-corrected chi connectivity index (χ4v) is 2.75. The molecule has 1 fully saturated rings. The summed E-state index contributed by atoms with van der Waals surface area (Å²) < 4.78 is 0. The highest BCUT2D eigenvalue weighted by Crippen LogP contribution is 2.23. The number of hydrogen-bond donors (Lipinski definition) is 2. The van der Waals surface area contributed by atoms with E-state index in [1.165, 1.54) is 25.5 Å². The van der Waals surface area contributed by atoms with Gasteiger partial charge in [-0.05, 0) is 25.2 Å². The Balaban J connectivity index is 2.07. The van der Waals surface area contributed by atoms with Crippen molar-refractivity contribution in [3.05, 3.63) is 17.7 Å². The van der Waals surface area contributed by atoms with Crippen molar-refractivity contribution in [3.8, 4) is 0 Å². The number of hydrogen-bond acceptors (Lipinski definition) is 4. The van der Waals surface area contributed by atoms with Crippen molar-refractivity contribution in [1.82, 2.24) is 15.3 Å². The molecule has 0 aliphatic heterocycles. The van der Waals surface area contributed by atoms with Crippen molar-refractivity contribution in [1.29, 1.82) is 0 Å². The number of nitrogens with one attached hydrogen (secondary N) is 1. The fourth-order valence-electron chi connectivity index (χ4n) is 2.75. The third kappa shape index (κ3) is 4.16. The van der Waals surface area contributed by atoms with E-state index in [1.807, 2.05) is 13.8 Å². The van der Waals surface area contributed by atoms with E-state index in [0.29, 0.717) is 17.2 Å². The minimum Gasteiger partial charge on any atom is -0.396 e. The Bertz CT molecular complexity index is 501. The smallest absolute Gasteiger partial charge is 0.272 e. The van der Waals surface area contributed by atoms with Crippen LogP contribution in [0.25, 0.3) is 0 Å². The highest BCUT2D eigenvalue weighted by atomic mass is 16.2. The van der Waals surface area contributed by atoms with Crippen molar-refractivity contribution in [2.75, 3.05) is 5.73 Å². The van der Waals surface area contributed by atoms with E-state index in [1.54, 1.807) is 0 Å². The number of rotatable bonds is 3. The van der Waals surface area contributed by atoms with Gasteiger partial charge in [0.15, 0.2) is 5.69 Å². The summed E-state index contributed by atoms with van der Waals surface area (Å²) in [6.45, 7) is 6.28. The Hall–Kier alpha value is -1.65. The van der Waals surface area contributed by atoms with E-state index < -0.39 is 0 Å². The molecule has 2 rings (SSSR count). The van der Waals surface area contributed by atoms with E-state index >= 15 is 0 Å². The molecule has 5 nitrogen and oxygen atoms in total. The van der Waals surface area contributed by atoms with Crippen molar-refractivity contribution in [2.45, 2.75) is 64.8 Å². The average Bonchev–Trinajstić information content (AvgIpc) is 2.64. The van der Waals surface area contributed by atoms with Crippen molar-refractivity contribution < 1.29 is 4.79 Å². The molecule has 0 radical (unpaired) electrons. The first kappa shape index (κ1) is 15.7. The number of nitrogen functional groups attached to an aromatic ring is 1. The van der Waals surface area contributed by atoms with Gasteiger partial charge in [0.25, 0.3) is 5.91 Å². The maximum atomic E-state index is 12.4. The van der Waals surface area contributed by atoms with Crippen LogP contribution in [0.15, 0.2) is 6.20 Å². The average molecular weight is 290 g/mol. The fraction of sp³-hybridized carbons (Fsp3) is 0.688. The van der Waals surface area contributed by atoms with Crippen LogP contribution in [0.3, 0.4) is 0 Å². The Morgan fingerprint density at radius 3 is 2.81 bits per heavy atom. The van der Waals surface area contributed by atoms with Crippen LogP contribution in [-0.4, -0.2) is 21.9 Å². The van der Waals surface area contributed by atoms with Gasteiger partial charge in [0.1, 0.15) is 5.82 Å². The van der Waals surface area contributed by atoms with Gasteiger partial charge in [0, 0.05) is 12.0 Å². The lowest BCUT2D eigenvalue weighted by atomic mass is 10.0. The van der Waals surface area contributed by atoms with Crippen molar-refractivity contribution in [3.63, 3.8) is 0 Å². The zero-order valence-electron chi connectivity index (χ0n) is 13.2. The first-order valence-corrected chi connectivity index (χ1v) is 7.90. The van der Waals surface area contributed by atoms with Crippen LogP contribution in [0.1, 0.15) is 75.1 Å². The molecule has 1 saturated carbocycles. The molecule has 2 atom stereocenters. The first-order valence-electron chi connectivity index (χ1n) is 7.90. The number of nitrogens with two attached hydrogens (primary N) is 1. The summed E-state index contributed by atoms with van der Waals surface area (Å²) in [5.74, 6) is 1.42. The predicted molar refractivity (Wildman–Crippen MR) is 84.0 cm³/mol. The lowest BCUT2D eigenvalue weighted by Crippen LogP contribution is -2.35. The van der Waals surface area contributed by atoms with Crippen LogP contribution in [0.4, 0.5) is 5.69 Å². The summed E-state index contributed by atoms with van der Waals surface area (Å²) in [5.41, 5.74) is 6.52. The predicted octanol–water partition coefficient (Wildman–Crippen LogP) is 2.88. The van der Waals surface area contributed by atoms with E-state index in [0.717, 1.165) is 18.8 Å².